The lowest BCUT2D eigenvalue weighted by Gasteiger charge is -2.27. The highest BCUT2D eigenvalue weighted by Gasteiger charge is 2.18. The van der Waals surface area contributed by atoms with Crippen molar-refractivity contribution in [1.82, 2.24) is 5.32 Å². The van der Waals surface area contributed by atoms with Crippen LogP contribution in [-0.4, -0.2) is 32.6 Å². The first-order valence-electron chi connectivity index (χ1n) is 6.01. The van der Waals surface area contributed by atoms with Crippen molar-refractivity contribution in [3.8, 4) is 0 Å². The molecule has 0 saturated carbocycles. The Morgan fingerprint density at radius 1 is 1.13 bits per heavy atom. The highest BCUT2D eigenvalue weighted by Crippen LogP contribution is 2.07. The van der Waals surface area contributed by atoms with Crippen LogP contribution in [0.2, 0.25) is 0 Å². The Bertz CT molecular complexity index is 138. The summed E-state index contributed by atoms with van der Waals surface area (Å²) in [6, 6.07) is 0.814. The van der Waals surface area contributed by atoms with Crippen molar-refractivity contribution < 1.29 is 9.47 Å². The van der Waals surface area contributed by atoms with Crippen molar-refractivity contribution >= 4 is 0 Å². The molecular formula is C12H27NO2. The molecule has 15 heavy (non-hydrogen) atoms. The summed E-state index contributed by atoms with van der Waals surface area (Å²) < 4.78 is 10.5. The van der Waals surface area contributed by atoms with Crippen molar-refractivity contribution in [3.63, 3.8) is 0 Å². The lowest BCUT2D eigenvalue weighted by atomic mass is 10.1. The van der Waals surface area contributed by atoms with Gasteiger partial charge in [-0.2, -0.15) is 0 Å². The summed E-state index contributed by atoms with van der Waals surface area (Å²) in [5.41, 5.74) is 0. The fraction of sp³-hybridized carbons (Fsp3) is 1.00. The van der Waals surface area contributed by atoms with Gasteiger partial charge in [-0.25, -0.2) is 0 Å². The lowest BCUT2D eigenvalue weighted by Crippen LogP contribution is -2.44. The molecule has 0 aromatic rings. The van der Waals surface area contributed by atoms with E-state index >= 15 is 0 Å². The molecule has 0 amide bonds. The van der Waals surface area contributed by atoms with Crippen LogP contribution in [0.1, 0.15) is 46.5 Å². The molecule has 0 saturated heterocycles. The first-order valence-corrected chi connectivity index (χ1v) is 6.01. The maximum Gasteiger partial charge on any atom is 0.171 e. The smallest absolute Gasteiger partial charge is 0.171 e. The number of methoxy groups -OCH3 is 2. The average molecular weight is 217 g/mol. The van der Waals surface area contributed by atoms with Crippen LogP contribution in [0.15, 0.2) is 0 Å². The Labute approximate surface area is 94.5 Å². The molecule has 2 unspecified atom stereocenters. The molecule has 3 nitrogen and oxygen atoms in total. The highest BCUT2D eigenvalue weighted by atomic mass is 16.7. The number of nitrogens with one attached hydrogen (secondary N) is 1. The van der Waals surface area contributed by atoms with Crippen LogP contribution in [0, 0.1) is 0 Å². The summed E-state index contributed by atoms with van der Waals surface area (Å²) in [5.74, 6) is 0. The first kappa shape index (κ1) is 14.9. The van der Waals surface area contributed by atoms with Gasteiger partial charge >= 0.3 is 0 Å². The molecule has 0 rings (SSSR count). The quantitative estimate of drug-likeness (QED) is 0.602. The topological polar surface area (TPSA) is 30.5 Å². The van der Waals surface area contributed by atoms with Gasteiger partial charge in [-0.1, -0.05) is 26.7 Å². The van der Waals surface area contributed by atoms with Crippen LogP contribution in [0.5, 0.6) is 0 Å². The van der Waals surface area contributed by atoms with E-state index in [1.165, 1.54) is 19.3 Å². The third kappa shape index (κ3) is 6.13. The van der Waals surface area contributed by atoms with E-state index in [1.807, 2.05) is 0 Å². The van der Waals surface area contributed by atoms with Gasteiger partial charge in [0.15, 0.2) is 6.29 Å². The van der Waals surface area contributed by atoms with Crippen molar-refractivity contribution in [3.05, 3.63) is 0 Å². The molecule has 0 aromatic carbocycles. The van der Waals surface area contributed by atoms with Gasteiger partial charge in [0, 0.05) is 20.3 Å². The maximum atomic E-state index is 5.23. The third-order valence-electron chi connectivity index (χ3n) is 2.77. The second-order valence-corrected chi connectivity index (χ2v) is 4.04. The van der Waals surface area contributed by atoms with Gasteiger partial charge in [-0.3, -0.25) is 0 Å². The monoisotopic (exact) mass is 217 g/mol. The number of hydrogen-bond acceptors (Lipinski definition) is 3. The zero-order chi connectivity index (χ0) is 11.7. The molecule has 0 aliphatic carbocycles. The molecule has 3 heteroatoms. The van der Waals surface area contributed by atoms with Crippen LogP contribution in [0.3, 0.4) is 0 Å². The van der Waals surface area contributed by atoms with Gasteiger partial charge in [0.05, 0.1) is 6.04 Å². The molecule has 2 atom stereocenters. The molecule has 1 N–H and O–H groups in total. The van der Waals surface area contributed by atoms with Crippen molar-refractivity contribution in [2.75, 3.05) is 14.2 Å². The molecule has 0 aromatic heterocycles. The van der Waals surface area contributed by atoms with Crippen LogP contribution >= 0.6 is 0 Å². The van der Waals surface area contributed by atoms with Gasteiger partial charge in [-0.05, 0) is 19.8 Å². The number of ether oxygens (including phenoxy) is 2. The van der Waals surface area contributed by atoms with Gasteiger partial charge in [0.25, 0.3) is 0 Å². The average Bonchev–Trinajstić information content (AvgIpc) is 2.25. The number of rotatable bonds is 9. The largest absolute Gasteiger partial charge is 0.354 e. The molecular weight excluding hydrogens is 190 g/mol. The van der Waals surface area contributed by atoms with Gasteiger partial charge in [-0.15, -0.1) is 0 Å². The molecule has 0 spiro atoms. The molecule has 92 valence electrons. The van der Waals surface area contributed by atoms with E-state index in [0.717, 1.165) is 6.42 Å². The minimum atomic E-state index is -0.152. The molecule has 0 radical (unpaired) electrons. The number of hydrogen-bond donors (Lipinski definition) is 1. The van der Waals surface area contributed by atoms with E-state index in [1.54, 1.807) is 14.2 Å². The second-order valence-electron chi connectivity index (χ2n) is 4.04. The summed E-state index contributed by atoms with van der Waals surface area (Å²) >= 11 is 0. The molecule has 0 fully saturated rings. The normalized spacial score (nSPS) is 15.6. The van der Waals surface area contributed by atoms with Crippen LogP contribution in [0.4, 0.5) is 0 Å². The van der Waals surface area contributed by atoms with Crippen molar-refractivity contribution in [2.45, 2.75) is 64.8 Å². The number of unbranched alkanes of at least 4 members (excludes halogenated alkanes) is 1. The van der Waals surface area contributed by atoms with Crippen LogP contribution in [-0.2, 0) is 9.47 Å². The predicted octanol–water partition coefficient (Wildman–Crippen LogP) is 2.55. The van der Waals surface area contributed by atoms with E-state index < -0.39 is 0 Å². The summed E-state index contributed by atoms with van der Waals surface area (Å²) in [5, 5.41) is 3.55. The van der Waals surface area contributed by atoms with Crippen LogP contribution < -0.4 is 5.32 Å². The summed E-state index contributed by atoms with van der Waals surface area (Å²) in [7, 11) is 3.36. The SMILES string of the molecule is CCCCC(CC)NC(C)C(OC)OC. The van der Waals surface area contributed by atoms with Gasteiger partial charge < -0.3 is 14.8 Å². The standard InChI is InChI=1S/C12H27NO2/c1-6-8-9-11(7-2)13-10(3)12(14-4)15-5/h10-13H,6-9H2,1-5H3. The van der Waals surface area contributed by atoms with Crippen molar-refractivity contribution in [1.29, 1.82) is 0 Å². The van der Waals surface area contributed by atoms with E-state index in [2.05, 4.69) is 26.1 Å². The Morgan fingerprint density at radius 3 is 2.13 bits per heavy atom. The van der Waals surface area contributed by atoms with Gasteiger partial charge in [0.2, 0.25) is 0 Å². The summed E-state index contributed by atoms with van der Waals surface area (Å²) in [4.78, 5) is 0. The Hall–Kier alpha value is -0.120. The Kier molecular flexibility index (Phi) is 9.06. The summed E-state index contributed by atoms with van der Waals surface area (Å²) in [6.07, 6.45) is 4.77. The molecule has 0 aliphatic rings. The molecule has 0 bridgehead atoms. The molecule has 0 heterocycles. The van der Waals surface area contributed by atoms with Crippen LogP contribution in [0.25, 0.3) is 0 Å². The minimum absolute atomic E-state index is 0.152. The fourth-order valence-electron chi connectivity index (χ4n) is 1.81. The van der Waals surface area contributed by atoms with E-state index in [9.17, 15) is 0 Å². The Balaban J connectivity index is 3.92. The molecule has 0 aliphatic heterocycles. The first-order chi connectivity index (χ1) is 7.19. The van der Waals surface area contributed by atoms with E-state index in [-0.39, 0.29) is 12.3 Å². The minimum Gasteiger partial charge on any atom is -0.354 e. The Morgan fingerprint density at radius 2 is 1.73 bits per heavy atom. The highest BCUT2D eigenvalue weighted by molar-refractivity contribution is 4.72. The lowest BCUT2D eigenvalue weighted by molar-refractivity contribution is -0.121. The van der Waals surface area contributed by atoms with E-state index in [4.69, 9.17) is 9.47 Å². The predicted molar refractivity (Wildman–Crippen MR) is 64.0 cm³/mol. The van der Waals surface area contributed by atoms with E-state index in [0.29, 0.717) is 6.04 Å². The zero-order valence-corrected chi connectivity index (χ0v) is 10.9. The third-order valence-corrected chi connectivity index (χ3v) is 2.77. The van der Waals surface area contributed by atoms with Crippen molar-refractivity contribution in [2.24, 2.45) is 0 Å². The van der Waals surface area contributed by atoms with Gasteiger partial charge in [0.1, 0.15) is 0 Å². The second kappa shape index (κ2) is 9.13. The maximum absolute atomic E-state index is 5.23. The fourth-order valence-corrected chi connectivity index (χ4v) is 1.81. The summed E-state index contributed by atoms with van der Waals surface area (Å²) in [6.45, 7) is 6.55. The zero-order valence-electron chi connectivity index (χ0n) is 10.9.